The molecule has 0 aliphatic carbocycles. The van der Waals surface area contributed by atoms with Gasteiger partial charge in [0.25, 0.3) is 0 Å². The largest absolute Gasteiger partial charge is 0.352 e. The minimum Gasteiger partial charge on any atom is -0.326 e. The molecule has 0 aromatic rings. The lowest BCUT2D eigenvalue weighted by molar-refractivity contribution is -0.117. The van der Waals surface area contributed by atoms with Crippen LogP contribution in [0.3, 0.4) is 0 Å². The molecule has 11 heteroatoms. The molecule has 0 bridgehead atoms. The van der Waals surface area contributed by atoms with Gasteiger partial charge in [0.2, 0.25) is 5.91 Å². The zero-order valence-corrected chi connectivity index (χ0v) is 11.9. The highest BCUT2D eigenvalue weighted by Crippen LogP contribution is 2.53. The van der Waals surface area contributed by atoms with Gasteiger partial charge >= 0.3 is 13.4 Å². The summed E-state index contributed by atoms with van der Waals surface area (Å²) < 4.78 is 25.2. The molecule has 0 aliphatic rings. The molecule has 0 aliphatic heterocycles. The van der Waals surface area contributed by atoms with Gasteiger partial charge in [-0.1, -0.05) is 23.6 Å². The summed E-state index contributed by atoms with van der Waals surface area (Å²) in [5, 5.41) is 2.21. The monoisotopic (exact) mass is 296 g/mol. The minimum absolute atomic E-state index is 0.348. The van der Waals surface area contributed by atoms with Gasteiger partial charge < -0.3 is 9.42 Å². The summed E-state index contributed by atoms with van der Waals surface area (Å²) in [5.74, 6) is -0.348. The summed E-state index contributed by atoms with van der Waals surface area (Å²) in [7, 11) is 1.30. The number of thiol groups is 1. The second-order valence-corrected chi connectivity index (χ2v) is 9.50. The first-order valence-electron chi connectivity index (χ1n) is 3.38. The molecule has 0 saturated carbocycles. The molecule has 0 aromatic carbocycles. The molecule has 4 N–H and O–H groups in total. The normalized spacial score (nSPS) is 17.7. The molecule has 92 valence electrons. The predicted molar refractivity (Wildman–Crippen MR) is 64.9 cm³/mol. The fraction of sp³-hybridized carbons (Fsp3) is 0.750. The number of amides is 1. The van der Waals surface area contributed by atoms with Gasteiger partial charge in [-0.25, -0.2) is 0 Å². The maximum Gasteiger partial charge on any atom is 0.352 e. The summed E-state index contributed by atoms with van der Waals surface area (Å²) in [6.45, 7) is -5.07. The van der Waals surface area contributed by atoms with Crippen molar-refractivity contribution in [1.82, 2.24) is 5.09 Å². The smallest absolute Gasteiger partial charge is 0.326 e. The Morgan fingerprint density at radius 3 is 2.00 bits per heavy atom. The first-order valence-corrected chi connectivity index (χ1v) is 9.72. The Morgan fingerprint density at radius 1 is 1.60 bits per heavy atom. The molecule has 0 spiro atoms. The third kappa shape index (κ3) is 17.1. The minimum atomic E-state index is -3.44. The van der Waals surface area contributed by atoms with Crippen LogP contribution in [0.15, 0.2) is 0 Å². The van der Waals surface area contributed by atoms with Gasteiger partial charge in [0.1, 0.15) is 0 Å². The van der Waals surface area contributed by atoms with Crippen molar-refractivity contribution in [3.8, 4) is 0 Å². The van der Waals surface area contributed by atoms with Crippen molar-refractivity contribution in [1.29, 1.82) is 0 Å². The Kier molecular flexibility index (Phi) is 9.22. The third-order valence-electron chi connectivity index (χ3n) is 0.775. The third-order valence-corrected chi connectivity index (χ3v) is 4.49. The molecule has 7 nitrogen and oxygen atoms in total. The van der Waals surface area contributed by atoms with E-state index >= 15 is 0 Å². The maximum atomic E-state index is 11.2. The van der Waals surface area contributed by atoms with E-state index in [1.807, 2.05) is 0 Å². The van der Waals surface area contributed by atoms with Crippen LogP contribution in [0, 0.1) is 0 Å². The zero-order chi connectivity index (χ0) is 12.7. The molecule has 15 heavy (non-hydrogen) atoms. The average molecular weight is 296 g/mol. The number of rotatable bonds is 3. The standard InChI is InChI=1S/C4H10NO3PS.H4NO2PS/c1-4(6)5-9(7,8-2)10-3;1-4(2,3)5/h1-3H3,(H,5,6,7);(H4,1,2,3,5). The molecule has 1 amide bonds. The van der Waals surface area contributed by atoms with Crippen molar-refractivity contribution in [3.05, 3.63) is 0 Å². The van der Waals surface area contributed by atoms with Crippen LogP contribution in [0.25, 0.3) is 0 Å². The number of hydrogen-bond acceptors (Lipinski definition) is 5. The molecule has 0 rings (SSSR count). The van der Waals surface area contributed by atoms with Crippen LogP contribution in [-0.4, -0.2) is 24.2 Å². The number of nitrogens with two attached hydrogens (primary N) is 1. The van der Waals surface area contributed by atoms with E-state index in [4.69, 9.17) is 4.89 Å². The molecule has 0 saturated heterocycles. The van der Waals surface area contributed by atoms with Crippen LogP contribution in [-0.2, 0) is 18.4 Å². The fourth-order valence-electron chi connectivity index (χ4n) is 0.359. The Hall–Kier alpha value is 0.510. The Balaban J connectivity index is 0. The van der Waals surface area contributed by atoms with Gasteiger partial charge in [-0.3, -0.25) is 24.5 Å². The maximum absolute atomic E-state index is 11.2. The van der Waals surface area contributed by atoms with E-state index in [-0.39, 0.29) is 5.91 Å². The number of hydrogen-bond donors (Lipinski definition) is 4. The Morgan fingerprint density at radius 2 is 1.93 bits per heavy atom. The van der Waals surface area contributed by atoms with Crippen molar-refractivity contribution in [2.45, 2.75) is 6.92 Å². The first kappa shape index (κ1) is 17.9. The Labute approximate surface area is 97.4 Å². The topological polar surface area (TPSA) is 119 Å². The van der Waals surface area contributed by atoms with Crippen LogP contribution >= 0.6 is 37.1 Å². The molecule has 0 radical (unpaired) electrons. The highest BCUT2D eigenvalue weighted by atomic mass is 32.7. The Bertz CT molecular complexity index is 276. The van der Waals surface area contributed by atoms with E-state index in [0.29, 0.717) is 0 Å². The van der Waals surface area contributed by atoms with E-state index in [2.05, 4.69) is 27.4 Å². The summed E-state index contributed by atoms with van der Waals surface area (Å²) >= 11 is 4.01. The van der Waals surface area contributed by atoms with Crippen molar-refractivity contribution < 1.29 is 23.3 Å². The summed E-state index contributed by atoms with van der Waals surface area (Å²) in [6, 6.07) is 0. The fourth-order valence-corrected chi connectivity index (χ4v) is 2.18. The van der Waals surface area contributed by atoms with Crippen molar-refractivity contribution in [2.24, 2.45) is 5.50 Å². The number of carbonyl (C=O) groups excluding carboxylic acids is 1. The van der Waals surface area contributed by atoms with E-state index in [1.54, 1.807) is 6.26 Å². The van der Waals surface area contributed by atoms with Gasteiger partial charge in [0.15, 0.2) is 0 Å². The number of nitrogens with one attached hydrogen (secondary N) is 1. The predicted octanol–water partition coefficient (Wildman–Crippen LogP) is 1.22. The van der Waals surface area contributed by atoms with Gasteiger partial charge in [0, 0.05) is 14.0 Å². The van der Waals surface area contributed by atoms with Gasteiger partial charge in [-0.05, 0) is 6.26 Å². The number of carbonyl (C=O) groups is 1. The van der Waals surface area contributed by atoms with Crippen LogP contribution in [0.1, 0.15) is 6.92 Å². The molecular weight excluding hydrogens is 282 g/mol. The van der Waals surface area contributed by atoms with Crippen molar-refractivity contribution >= 4 is 43.0 Å². The molecule has 0 fully saturated rings. The quantitative estimate of drug-likeness (QED) is 0.456. The lowest BCUT2D eigenvalue weighted by atomic mass is 10.8. The molecule has 0 aromatic heterocycles. The average Bonchev–Trinajstić information content (AvgIpc) is 2.00. The highest BCUT2D eigenvalue weighted by Gasteiger charge is 2.20. The van der Waals surface area contributed by atoms with Gasteiger partial charge in [-0.2, -0.15) is 0 Å². The van der Waals surface area contributed by atoms with Crippen molar-refractivity contribution in [2.75, 3.05) is 13.4 Å². The highest BCUT2D eigenvalue weighted by molar-refractivity contribution is 8.55. The van der Waals surface area contributed by atoms with Crippen molar-refractivity contribution in [3.63, 3.8) is 0 Å². The van der Waals surface area contributed by atoms with E-state index in [9.17, 15) is 13.9 Å². The lowest BCUT2D eigenvalue weighted by Crippen LogP contribution is -2.15. The second-order valence-electron chi connectivity index (χ2n) is 2.12. The van der Waals surface area contributed by atoms with Gasteiger partial charge in [-0.15, -0.1) is 0 Å². The van der Waals surface area contributed by atoms with Crippen LogP contribution in [0.4, 0.5) is 0 Å². The van der Waals surface area contributed by atoms with Crippen LogP contribution in [0.2, 0.25) is 0 Å². The molecule has 0 heterocycles. The summed E-state index contributed by atoms with van der Waals surface area (Å²) in [6.07, 6.45) is 1.61. The second kappa shape index (κ2) is 7.73. The van der Waals surface area contributed by atoms with Crippen LogP contribution in [0.5, 0.6) is 0 Å². The molecular formula is C4H14N2O5P2S2. The zero-order valence-electron chi connectivity index (χ0n) is 8.41. The van der Waals surface area contributed by atoms with Crippen LogP contribution < -0.4 is 10.6 Å². The summed E-state index contributed by atoms with van der Waals surface area (Å²) in [5.41, 5.74) is 4.33. The molecule has 2 atom stereocenters. The first-order chi connectivity index (χ1) is 6.54. The summed E-state index contributed by atoms with van der Waals surface area (Å²) in [4.78, 5) is 18.1. The lowest BCUT2D eigenvalue weighted by Gasteiger charge is -2.11. The molecule has 2 unspecified atom stereocenters. The SMILES string of the molecule is COP(=O)(NC(C)=O)SC.NP(=O)(O)S. The van der Waals surface area contributed by atoms with E-state index in [0.717, 1.165) is 11.4 Å². The van der Waals surface area contributed by atoms with Gasteiger partial charge in [0.05, 0.1) is 0 Å². The van der Waals surface area contributed by atoms with E-state index in [1.165, 1.54) is 14.0 Å². The van der Waals surface area contributed by atoms with E-state index < -0.39 is 13.4 Å².